The molecule has 4 nitrogen and oxygen atoms in total. The highest BCUT2D eigenvalue weighted by Crippen LogP contribution is 2.23. The van der Waals surface area contributed by atoms with Gasteiger partial charge in [0.05, 0.1) is 7.11 Å². The van der Waals surface area contributed by atoms with Crippen LogP contribution in [0.4, 0.5) is 5.69 Å². The van der Waals surface area contributed by atoms with E-state index in [1.807, 2.05) is 24.3 Å². The molecule has 2 N–H and O–H groups in total. The molecule has 108 valence electrons. The van der Waals surface area contributed by atoms with Gasteiger partial charge >= 0.3 is 0 Å². The van der Waals surface area contributed by atoms with Gasteiger partial charge in [-0.05, 0) is 37.2 Å². The maximum atomic E-state index is 12.1. The molecule has 1 aliphatic carbocycles. The Morgan fingerprint density at radius 1 is 1.30 bits per heavy atom. The summed E-state index contributed by atoms with van der Waals surface area (Å²) in [4.78, 5) is 12.1. The molecular formula is C15H20N2O2S. The molecule has 20 heavy (non-hydrogen) atoms. The van der Waals surface area contributed by atoms with Crippen molar-refractivity contribution in [2.75, 3.05) is 12.4 Å². The number of hydrogen-bond acceptors (Lipinski definition) is 3. The SMILES string of the molecule is COc1cccc(NC(=S)NC(=O)C2CCCCC2)c1. The third-order valence-corrected chi connectivity index (χ3v) is 3.74. The molecule has 0 heterocycles. The average Bonchev–Trinajstić information content (AvgIpc) is 2.48. The highest BCUT2D eigenvalue weighted by atomic mass is 32.1. The van der Waals surface area contributed by atoms with Crippen LogP contribution in [0.2, 0.25) is 0 Å². The fourth-order valence-electron chi connectivity index (χ4n) is 2.44. The van der Waals surface area contributed by atoms with Crippen molar-refractivity contribution in [3.8, 4) is 5.75 Å². The Morgan fingerprint density at radius 2 is 2.05 bits per heavy atom. The highest BCUT2D eigenvalue weighted by Gasteiger charge is 2.21. The fraction of sp³-hybridized carbons (Fsp3) is 0.467. The fourth-order valence-corrected chi connectivity index (χ4v) is 2.66. The summed E-state index contributed by atoms with van der Waals surface area (Å²) < 4.78 is 5.14. The molecule has 1 aromatic rings. The van der Waals surface area contributed by atoms with E-state index < -0.39 is 0 Å². The lowest BCUT2D eigenvalue weighted by molar-refractivity contribution is -0.124. The predicted octanol–water partition coefficient (Wildman–Crippen LogP) is 3.09. The summed E-state index contributed by atoms with van der Waals surface area (Å²) in [5.41, 5.74) is 0.804. The van der Waals surface area contributed by atoms with E-state index in [1.54, 1.807) is 7.11 Å². The second-order valence-electron chi connectivity index (χ2n) is 5.01. The highest BCUT2D eigenvalue weighted by molar-refractivity contribution is 7.80. The Kier molecular flexibility index (Phi) is 5.35. The number of hydrogen-bond donors (Lipinski definition) is 2. The number of amides is 1. The second-order valence-corrected chi connectivity index (χ2v) is 5.42. The minimum absolute atomic E-state index is 0.0325. The number of thiocarbonyl (C=S) groups is 1. The molecule has 0 radical (unpaired) electrons. The van der Waals surface area contributed by atoms with Gasteiger partial charge in [-0.3, -0.25) is 4.79 Å². The number of rotatable bonds is 3. The van der Waals surface area contributed by atoms with Crippen LogP contribution in [0, 0.1) is 5.92 Å². The number of nitrogens with one attached hydrogen (secondary N) is 2. The topological polar surface area (TPSA) is 50.4 Å². The third-order valence-electron chi connectivity index (χ3n) is 3.54. The van der Waals surface area contributed by atoms with Crippen molar-refractivity contribution < 1.29 is 9.53 Å². The molecule has 0 aliphatic heterocycles. The van der Waals surface area contributed by atoms with Crippen molar-refractivity contribution in [1.29, 1.82) is 0 Å². The number of methoxy groups -OCH3 is 1. The van der Waals surface area contributed by atoms with Crippen molar-refractivity contribution in [3.63, 3.8) is 0 Å². The van der Waals surface area contributed by atoms with E-state index in [0.29, 0.717) is 5.11 Å². The van der Waals surface area contributed by atoms with E-state index >= 15 is 0 Å². The molecule has 1 saturated carbocycles. The van der Waals surface area contributed by atoms with Gasteiger partial charge in [0.2, 0.25) is 5.91 Å². The van der Waals surface area contributed by atoms with Gasteiger partial charge in [0, 0.05) is 17.7 Å². The Hall–Kier alpha value is -1.62. The number of ether oxygens (including phenoxy) is 1. The zero-order valence-electron chi connectivity index (χ0n) is 11.6. The average molecular weight is 292 g/mol. The Bertz CT molecular complexity index is 485. The first kappa shape index (κ1) is 14.8. The van der Waals surface area contributed by atoms with E-state index in [9.17, 15) is 4.79 Å². The number of carbonyl (C=O) groups is 1. The minimum atomic E-state index is 0.0325. The second kappa shape index (κ2) is 7.24. The number of carbonyl (C=O) groups excluding carboxylic acids is 1. The lowest BCUT2D eigenvalue weighted by Crippen LogP contribution is -2.38. The van der Waals surface area contributed by atoms with Gasteiger partial charge in [-0.2, -0.15) is 0 Å². The lowest BCUT2D eigenvalue weighted by atomic mass is 9.89. The molecule has 0 unspecified atom stereocenters. The van der Waals surface area contributed by atoms with E-state index in [2.05, 4.69) is 10.6 Å². The Balaban J connectivity index is 1.86. The molecule has 2 rings (SSSR count). The summed E-state index contributed by atoms with van der Waals surface area (Å²) >= 11 is 5.18. The summed E-state index contributed by atoms with van der Waals surface area (Å²) in [6.07, 6.45) is 5.43. The van der Waals surface area contributed by atoms with Crippen LogP contribution < -0.4 is 15.4 Å². The molecule has 0 spiro atoms. The third kappa shape index (κ3) is 4.20. The van der Waals surface area contributed by atoms with Gasteiger partial charge < -0.3 is 15.4 Å². The van der Waals surface area contributed by atoms with Crippen molar-refractivity contribution in [2.24, 2.45) is 5.92 Å². The zero-order valence-corrected chi connectivity index (χ0v) is 12.5. The van der Waals surface area contributed by atoms with E-state index in [-0.39, 0.29) is 11.8 Å². The van der Waals surface area contributed by atoms with Gasteiger partial charge in [0.15, 0.2) is 5.11 Å². The molecule has 0 saturated heterocycles. The molecule has 1 fully saturated rings. The largest absolute Gasteiger partial charge is 0.497 e. The maximum Gasteiger partial charge on any atom is 0.229 e. The van der Waals surface area contributed by atoms with Gasteiger partial charge in [-0.1, -0.05) is 25.3 Å². The molecular weight excluding hydrogens is 272 g/mol. The van der Waals surface area contributed by atoms with Crippen LogP contribution in [0.15, 0.2) is 24.3 Å². The van der Waals surface area contributed by atoms with Crippen LogP contribution in [-0.2, 0) is 4.79 Å². The standard InChI is InChI=1S/C15H20N2O2S/c1-19-13-9-5-8-12(10-13)16-15(20)17-14(18)11-6-3-2-4-7-11/h5,8-11H,2-4,6-7H2,1H3,(H2,16,17,18,20). The normalized spacial score (nSPS) is 15.4. The summed E-state index contributed by atoms with van der Waals surface area (Å²) in [6, 6.07) is 7.43. The Labute approximate surface area is 124 Å². The van der Waals surface area contributed by atoms with Crippen LogP contribution in [-0.4, -0.2) is 18.1 Å². The van der Waals surface area contributed by atoms with Crippen LogP contribution in [0.1, 0.15) is 32.1 Å². The quantitative estimate of drug-likeness (QED) is 0.841. The first-order valence-electron chi connectivity index (χ1n) is 6.95. The molecule has 0 aromatic heterocycles. The molecule has 5 heteroatoms. The van der Waals surface area contributed by atoms with E-state index in [1.165, 1.54) is 6.42 Å². The molecule has 1 aromatic carbocycles. The summed E-state index contributed by atoms with van der Waals surface area (Å²) in [5, 5.41) is 6.12. The zero-order chi connectivity index (χ0) is 14.4. The number of benzene rings is 1. The molecule has 1 amide bonds. The smallest absolute Gasteiger partial charge is 0.229 e. The van der Waals surface area contributed by atoms with Crippen molar-refractivity contribution in [2.45, 2.75) is 32.1 Å². The summed E-state index contributed by atoms with van der Waals surface area (Å²) in [7, 11) is 1.61. The summed E-state index contributed by atoms with van der Waals surface area (Å²) in [6.45, 7) is 0. The predicted molar refractivity (Wildman–Crippen MR) is 83.9 cm³/mol. The Morgan fingerprint density at radius 3 is 2.75 bits per heavy atom. The van der Waals surface area contributed by atoms with Crippen LogP contribution in [0.5, 0.6) is 5.75 Å². The molecule has 0 bridgehead atoms. The monoisotopic (exact) mass is 292 g/mol. The van der Waals surface area contributed by atoms with Gasteiger partial charge in [-0.15, -0.1) is 0 Å². The first-order valence-corrected chi connectivity index (χ1v) is 7.36. The van der Waals surface area contributed by atoms with Crippen LogP contribution >= 0.6 is 12.2 Å². The van der Waals surface area contributed by atoms with Crippen molar-refractivity contribution in [3.05, 3.63) is 24.3 Å². The number of anilines is 1. The lowest BCUT2D eigenvalue weighted by Gasteiger charge is -2.21. The minimum Gasteiger partial charge on any atom is -0.497 e. The van der Waals surface area contributed by atoms with E-state index in [0.717, 1.165) is 37.1 Å². The maximum absolute atomic E-state index is 12.1. The van der Waals surface area contributed by atoms with Crippen molar-refractivity contribution in [1.82, 2.24) is 5.32 Å². The molecule has 0 atom stereocenters. The van der Waals surface area contributed by atoms with Gasteiger partial charge in [0.1, 0.15) is 5.75 Å². The molecule has 1 aliphatic rings. The van der Waals surface area contributed by atoms with Crippen molar-refractivity contribution >= 4 is 28.9 Å². The van der Waals surface area contributed by atoms with Crippen LogP contribution in [0.3, 0.4) is 0 Å². The van der Waals surface area contributed by atoms with Gasteiger partial charge in [0.25, 0.3) is 0 Å². The van der Waals surface area contributed by atoms with E-state index in [4.69, 9.17) is 17.0 Å². The van der Waals surface area contributed by atoms with Crippen LogP contribution in [0.25, 0.3) is 0 Å². The summed E-state index contributed by atoms with van der Waals surface area (Å²) in [5.74, 6) is 0.885. The first-order chi connectivity index (χ1) is 9.69. The van der Waals surface area contributed by atoms with Gasteiger partial charge in [-0.25, -0.2) is 0 Å².